The SMILES string of the molecule is Cc1ccc(-c2cc(C(=O)NCc3ccccc3OC(F)F)n[nH]2)o1. The van der Waals surface area contributed by atoms with Gasteiger partial charge in [-0.3, -0.25) is 9.89 Å². The van der Waals surface area contributed by atoms with E-state index in [9.17, 15) is 13.6 Å². The van der Waals surface area contributed by atoms with Gasteiger partial charge in [-0.1, -0.05) is 18.2 Å². The van der Waals surface area contributed by atoms with Gasteiger partial charge in [0.25, 0.3) is 5.91 Å². The number of carbonyl (C=O) groups excluding carboxylic acids is 1. The molecule has 0 atom stereocenters. The van der Waals surface area contributed by atoms with E-state index in [-0.39, 0.29) is 18.0 Å². The number of benzene rings is 1. The van der Waals surface area contributed by atoms with E-state index in [2.05, 4.69) is 20.3 Å². The molecular weight excluding hydrogens is 332 g/mol. The lowest BCUT2D eigenvalue weighted by Crippen LogP contribution is -2.23. The van der Waals surface area contributed by atoms with Gasteiger partial charge >= 0.3 is 6.61 Å². The molecule has 0 aliphatic rings. The number of rotatable bonds is 6. The standard InChI is InChI=1S/C17H15F2N3O3/c1-10-6-7-15(24-10)12-8-13(22-21-12)16(23)20-9-11-4-2-3-5-14(11)25-17(18)19/h2-8,17H,9H2,1H3,(H,20,23)(H,21,22). The zero-order valence-corrected chi connectivity index (χ0v) is 13.3. The molecule has 2 heterocycles. The summed E-state index contributed by atoms with van der Waals surface area (Å²) < 4.78 is 34.7. The molecule has 0 fully saturated rings. The lowest BCUT2D eigenvalue weighted by atomic mass is 10.2. The molecule has 0 radical (unpaired) electrons. The third-order valence-electron chi connectivity index (χ3n) is 3.44. The Morgan fingerprint density at radius 3 is 2.84 bits per heavy atom. The highest BCUT2D eigenvalue weighted by Gasteiger charge is 2.14. The van der Waals surface area contributed by atoms with Crippen molar-refractivity contribution in [1.29, 1.82) is 0 Å². The third kappa shape index (κ3) is 4.03. The van der Waals surface area contributed by atoms with Crippen LogP contribution in [0.2, 0.25) is 0 Å². The van der Waals surface area contributed by atoms with Crippen molar-refractivity contribution in [3.8, 4) is 17.2 Å². The minimum atomic E-state index is -2.93. The molecule has 0 saturated carbocycles. The van der Waals surface area contributed by atoms with Crippen molar-refractivity contribution in [2.75, 3.05) is 0 Å². The van der Waals surface area contributed by atoms with Crippen LogP contribution in [-0.4, -0.2) is 22.7 Å². The van der Waals surface area contributed by atoms with Gasteiger partial charge < -0.3 is 14.5 Å². The molecule has 25 heavy (non-hydrogen) atoms. The molecule has 1 amide bonds. The minimum absolute atomic E-state index is 0.0200. The first-order chi connectivity index (χ1) is 12.0. The lowest BCUT2D eigenvalue weighted by molar-refractivity contribution is -0.0504. The number of ether oxygens (including phenoxy) is 1. The van der Waals surface area contributed by atoms with Gasteiger partial charge in [0.15, 0.2) is 11.5 Å². The minimum Gasteiger partial charge on any atom is -0.460 e. The van der Waals surface area contributed by atoms with Crippen molar-refractivity contribution < 1.29 is 22.7 Å². The molecule has 8 heteroatoms. The summed E-state index contributed by atoms with van der Waals surface area (Å²) in [4.78, 5) is 12.2. The second kappa shape index (κ2) is 7.16. The largest absolute Gasteiger partial charge is 0.460 e. The Bertz CT molecular complexity index is 873. The number of nitrogens with zero attached hydrogens (tertiary/aromatic N) is 1. The number of aryl methyl sites for hydroxylation is 1. The number of carbonyl (C=O) groups is 1. The van der Waals surface area contributed by atoms with Crippen LogP contribution in [-0.2, 0) is 6.54 Å². The normalized spacial score (nSPS) is 10.9. The number of furan rings is 1. The highest BCUT2D eigenvalue weighted by atomic mass is 19.3. The zero-order valence-electron chi connectivity index (χ0n) is 13.3. The van der Waals surface area contributed by atoms with Crippen molar-refractivity contribution in [1.82, 2.24) is 15.5 Å². The van der Waals surface area contributed by atoms with E-state index in [1.807, 2.05) is 6.92 Å². The Kier molecular flexibility index (Phi) is 4.78. The van der Waals surface area contributed by atoms with E-state index >= 15 is 0 Å². The van der Waals surface area contributed by atoms with Gasteiger partial charge in [0, 0.05) is 18.2 Å². The topological polar surface area (TPSA) is 80.1 Å². The van der Waals surface area contributed by atoms with Crippen LogP contribution in [0.5, 0.6) is 5.75 Å². The van der Waals surface area contributed by atoms with Crippen molar-refractivity contribution in [2.24, 2.45) is 0 Å². The first kappa shape index (κ1) is 16.7. The van der Waals surface area contributed by atoms with E-state index in [1.54, 1.807) is 36.4 Å². The maximum absolute atomic E-state index is 12.4. The fourth-order valence-electron chi connectivity index (χ4n) is 2.27. The summed E-state index contributed by atoms with van der Waals surface area (Å²) in [5.41, 5.74) is 1.17. The summed E-state index contributed by atoms with van der Waals surface area (Å²) in [6, 6.07) is 11.4. The maximum Gasteiger partial charge on any atom is 0.387 e. The molecule has 0 spiro atoms. The van der Waals surface area contributed by atoms with Crippen LogP contribution >= 0.6 is 0 Å². The van der Waals surface area contributed by atoms with Gasteiger partial charge in [-0.15, -0.1) is 0 Å². The second-order valence-corrected chi connectivity index (χ2v) is 5.25. The Morgan fingerprint density at radius 1 is 1.32 bits per heavy atom. The molecule has 0 unspecified atom stereocenters. The number of H-pyrrole nitrogens is 1. The van der Waals surface area contributed by atoms with E-state index < -0.39 is 12.5 Å². The molecule has 2 N–H and O–H groups in total. The molecule has 2 aromatic heterocycles. The van der Waals surface area contributed by atoms with Crippen LogP contribution in [0.4, 0.5) is 8.78 Å². The average molecular weight is 347 g/mol. The highest BCUT2D eigenvalue weighted by molar-refractivity contribution is 5.93. The fourth-order valence-corrected chi connectivity index (χ4v) is 2.27. The van der Waals surface area contributed by atoms with Gasteiger partial charge in [-0.25, -0.2) is 0 Å². The van der Waals surface area contributed by atoms with Crippen molar-refractivity contribution in [2.45, 2.75) is 20.1 Å². The Morgan fingerprint density at radius 2 is 2.12 bits per heavy atom. The molecule has 1 aromatic carbocycles. The number of aromatic amines is 1. The highest BCUT2D eigenvalue weighted by Crippen LogP contribution is 2.21. The maximum atomic E-state index is 12.4. The predicted molar refractivity (Wildman–Crippen MR) is 85.3 cm³/mol. The van der Waals surface area contributed by atoms with Crippen LogP contribution in [0, 0.1) is 6.92 Å². The first-order valence-corrected chi connectivity index (χ1v) is 7.46. The molecule has 0 saturated heterocycles. The van der Waals surface area contributed by atoms with Gasteiger partial charge in [0.05, 0.1) is 0 Å². The summed E-state index contributed by atoms with van der Waals surface area (Å²) >= 11 is 0. The second-order valence-electron chi connectivity index (χ2n) is 5.25. The van der Waals surface area contributed by atoms with Crippen LogP contribution in [0.15, 0.2) is 46.9 Å². The van der Waals surface area contributed by atoms with Crippen molar-refractivity contribution in [3.05, 3.63) is 59.5 Å². The number of nitrogens with one attached hydrogen (secondary N) is 2. The zero-order chi connectivity index (χ0) is 17.8. The van der Waals surface area contributed by atoms with Gasteiger partial charge in [0.1, 0.15) is 17.2 Å². The van der Waals surface area contributed by atoms with Crippen molar-refractivity contribution >= 4 is 5.91 Å². The van der Waals surface area contributed by atoms with E-state index in [1.165, 1.54) is 6.07 Å². The first-order valence-electron chi connectivity index (χ1n) is 7.46. The monoisotopic (exact) mass is 347 g/mol. The van der Waals surface area contributed by atoms with Crippen LogP contribution in [0.25, 0.3) is 11.5 Å². The molecular formula is C17H15F2N3O3. The number of amides is 1. The lowest BCUT2D eigenvalue weighted by Gasteiger charge is -2.10. The Balaban J connectivity index is 1.67. The van der Waals surface area contributed by atoms with E-state index in [0.717, 1.165) is 5.76 Å². The number of hydrogen-bond donors (Lipinski definition) is 2. The summed E-state index contributed by atoms with van der Waals surface area (Å²) in [6.45, 7) is -1.08. The van der Waals surface area contributed by atoms with Crippen LogP contribution in [0.3, 0.4) is 0 Å². The molecule has 0 aliphatic carbocycles. The molecule has 3 rings (SSSR count). The number of para-hydroxylation sites is 1. The smallest absolute Gasteiger partial charge is 0.387 e. The van der Waals surface area contributed by atoms with E-state index in [0.29, 0.717) is 17.0 Å². The summed E-state index contributed by atoms with van der Waals surface area (Å²) in [5, 5.41) is 9.28. The fraction of sp³-hybridized carbons (Fsp3) is 0.176. The van der Waals surface area contributed by atoms with Gasteiger partial charge in [-0.2, -0.15) is 13.9 Å². The number of halogens is 2. The molecule has 3 aromatic rings. The predicted octanol–water partition coefficient (Wildman–Crippen LogP) is 3.51. The number of hydrogen-bond acceptors (Lipinski definition) is 4. The summed E-state index contributed by atoms with van der Waals surface area (Å²) in [6.07, 6.45) is 0. The number of alkyl halides is 2. The van der Waals surface area contributed by atoms with Gasteiger partial charge in [-0.05, 0) is 25.1 Å². The Hall–Kier alpha value is -3.16. The van der Waals surface area contributed by atoms with E-state index in [4.69, 9.17) is 4.42 Å². The summed E-state index contributed by atoms with van der Waals surface area (Å²) in [7, 11) is 0. The summed E-state index contributed by atoms with van der Waals surface area (Å²) in [5.74, 6) is 0.884. The van der Waals surface area contributed by atoms with Crippen LogP contribution in [0.1, 0.15) is 21.8 Å². The molecule has 130 valence electrons. The van der Waals surface area contributed by atoms with Crippen molar-refractivity contribution in [3.63, 3.8) is 0 Å². The molecule has 6 nitrogen and oxygen atoms in total. The number of aromatic nitrogens is 2. The van der Waals surface area contributed by atoms with Crippen LogP contribution < -0.4 is 10.1 Å². The third-order valence-corrected chi connectivity index (χ3v) is 3.44. The molecule has 0 bridgehead atoms. The quantitative estimate of drug-likeness (QED) is 0.715. The van der Waals surface area contributed by atoms with Gasteiger partial charge in [0.2, 0.25) is 0 Å². The average Bonchev–Trinajstić information content (AvgIpc) is 3.22. The molecule has 0 aliphatic heterocycles. The Labute approximate surface area is 141 Å².